The van der Waals surface area contributed by atoms with Gasteiger partial charge in [0.05, 0.1) is 12.2 Å². The van der Waals surface area contributed by atoms with Gasteiger partial charge in [0.1, 0.15) is 5.82 Å². The van der Waals surface area contributed by atoms with E-state index in [-0.39, 0.29) is 5.82 Å². The summed E-state index contributed by atoms with van der Waals surface area (Å²) in [5.41, 5.74) is 1.27. The Balaban J connectivity index is 1.77. The van der Waals surface area contributed by atoms with Crippen molar-refractivity contribution < 1.29 is 8.81 Å². The van der Waals surface area contributed by atoms with Crippen LogP contribution in [-0.4, -0.2) is 17.2 Å². The molecular formula is C16H13ClFN3O. The van der Waals surface area contributed by atoms with Crippen molar-refractivity contribution in [1.82, 2.24) is 10.2 Å². The van der Waals surface area contributed by atoms with Crippen LogP contribution in [0.2, 0.25) is 5.02 Å². The number of anilines is 1. The normalized spacial score (nSPS) is 10.7. The second-order valence-corrected chi connectivity index (χ2v) is 5.25. The highest BCUT2D eigenvalue weighted by Gasteiger charge is 2.13. The minimum atomic E-state index is -0.289. The van der Waals surface area contributed by atoms with Gasteiger partial charge in [-0.2, -0.15) is 0 Å². The summed E-state index contributed by atoms with van der Waals surface area (Å²) in [4.78, 5) is 1.72. The van der Waals surface area contributed by atoms with E-state index in [0.29, 0.717) is 29.0 Å². The van der Waals surface area contributed by atoms with Crippen molar-refractivity contribution in [2.45, 2.75) is 6.54 Å². The largest absolute Gasteiger partial charge is 0.419 e. The molecule has 0 aliphatic carbocycles. The van der Waals surface area contributed by atoms with Crippen LogP contribution in [0.25, 0.3) is 11.5 Å². The molecule has 0 spiro atoms. The molecule has 0 aliphatic rings. The lowest BCUT2D eigenvalue weighted by molar-refractivity contribution is 0.501. The first-order valence-corrected chi connectivity index (χ1v) is 7.05. The van der Waals surface area contributed by atoms with E-state index in [1.165, 1.54) is 6.07 Å². The van der Waals surface area contributed by atoms with Crippen LogP contribution in [-0.2, 0) is 6.54 Å². The van der Waals surface area contributed by atoms with Gasteiger partial charge >= 0.3 is 0 Å². The van der Waals surface area contributed by atoms with Crippen LogP contribution in [0.5, 0.6) is 0 Å². The third-order valence-electron chi connectivity index (χ3n) is 3.19. The van der Waals surface area contributed by atoms with Crippen LogP contribution < -0.4 is 4.90 Å². The highest BCUT2D eigenvalue weighted by Crippen LogP contribution is 2.22. The second kappa shape index (κ2) is 6.15. The second-order valence-electron chi connectivity index (χ2n) is 4.82. The molecule has 2 aromatic carbocycles. The van der Waals surface area contributed by atoms with Crippen molar-refractivity contribution in [3.05, 3.63) is 65.3 Å². The summed E-state index contributed by atoms with van der Waals surface area (Å²) in [6.45, 7) is 0.321. The number of hydrogen-bond acceptors (Lipinski definition) is 4. The Bertz CT molecular complexity index is 773. The van der Waals surface area contributed by atoms with Crippen molar-refractivity contribution in [3.63, 3.8) is 0 Å². The summed E-state index contributed by atoms with van der Waals surface area (Å²) in [6, 6.07) is 13.7. The predicted octanol–water partition coefficient (Wildman–Crippen LogP) is 4.17. The van der Waals surface area contributed by atoms with E-state index in [4.69, 9.17) is 16.0 Å². The van der Waals surface area contributed by atoms with Gasteiger partial charge in [-0.3, -0.25) is 0 Å². The molecule has 22 heavy (non-hydrogen) atoms. The van der Waals surface area contributed by atoms with Gasteiger partial charge in [-0.1, -0.05) is 23.7 Å². The zero-order valence-corrected chi connectivity index (χ0v) is 12.6. The lowest BCUT2D eigenvalue weighted by Crippen LogP contribution is -2.17. The quantitative estimate of drug-likeness (QED) is 0.724. The highest BCUT2D eigenvalue weighted by molar-refractivity contribution is 6.30. The van der Waals surface area contributed by atoms with Gasteiger partial charge in [0.25, 0.3) is 0 Å². The molecule has 3 aromatic rings. The summed E-state index contributed by atoms with van der Waals surface area (Å²) < 4.78 is 19.3. The Hall–Kier alpha value is -2.40. The first kappa shape index (κ1) is 14.5. The number of benzene rings is 2. The average Bonchev–Trinajstić information content (AvgIpc) is 2.97. The molecule has 0 bridgehead atoms. The maximum Gasteiger partial charge on any atom is 0.247 e. The maximum atomic E-state index is 13.7. The molecule has 0 atom stereocenters. The Morgan fingerprint density at radius 3 is 2.55 bits per heavy atom. The monoisotopic (exact) mass is 317 g/mol. The van der Waals surface area contributed by atoms with E-state index in [9.17, 15) is 4.39 Å². The van der Waals surface area contributed by atoms with E-state index in [0.717, 1.165) is 5.56 Å². The summed E-state index contributed by atoms with van der Waals surface area (Å²) in [6.07, 6.45) is 0. The molecule has 0 saturated heterocycles. The molecule has 1 heterocycles. The summed E-state index contributed by atoms with van der Waals surface area (Å²) in [5, 5.41) is 8.64. The average molecular weight is 318 g/mol. The summed E-state index contributed by atoms with van der Waals surface area (Å²) in [7, 11) is 1.77. The Morgan fingerprint density at radius 1 is 1.09 bits per heavy atom. The van der Waals surface area contributed by atoms with E-state index >= 15 is 0 Å². The van der Waals surface area contributed by atoms with E-state index in [2.05, 4.69) is 10.2 Å². The smallest absolute Gasteiger partial charge is 0.247 e. The molecule has 112 valence electrons. The fourth-order valence-electron chi connectivity index (χ4n) is 2.08. The summed E-state index contributed by atoms with van der Waals surface area (Å²) in [5.74, 6) is 0.534. The van der Waals surface area contributed by atoms with Crippen LogP contribution in [0.1, 0.15) is 5.89 Å². The number of nitrogens with zero attached hydrogens (tertiary/aromatic N) is 3. The first-order chi connectivity index (χ1) is 10.6. The topological polar surface area (TPSA) is 42.2 Å². The van der Waals surface area contributed by atoms with E-state index < -0.39 is 0 Å². The third-order valence-corrected chi connectivity index (χ3v) is 3.45. The number of rotatable bonds is 4. The van der Waals surface area contributed by atoms with E-state index in [1.807, 2.05) is 0 Å². The molecule has 0 unspecified atom stereocenters. The van der Waals surface area contributed by atoms with Crippen molar-refractivity contribution in [2.24, 2.45) is 0 Å². The zero-order chi connectivity index (χ0) is 15.5. The van der Waals surface area contributed by atoms with E-state index in [1.54, 1.807) is 54.4 Å². The number of hydrogen-bond donors (Lipinski definition) is 0. The fourth-order valence-corrected chi connectivity index (χ4v) is 2.20. The minimum absolute atomic E-state index is 0.289. The van der Waals surface area contributed by atoms with Gasteiger partial charge < -0.3 is 9.32 Å². The maximum absolute atomic E-state index is 13.7. The zero-order valence-electron chi connectivity index (χ0n) is 11.8. The van der Waals surface area contributed by atoms with Gasteiger partial charge in [0.2, 0.25) is 11.8 Å². The van der Waals surface area contributed by atoms with Crippen LogP contribution in [0.15, 0.2) is 52.9 Å². The SMILES string of the molecule is CN(Cc1nnc(-c2ccc(Cl)cc2)o1)c1ccccc1F. The van der Waals surface area contributed by atoms with Gasteiger partial charge in [0, 0.05) is 17.6 Å². The molecule has 6 heteroatoms. The first-order valence-electron chi connectivity index (χ1n) is 6.67. The van der Waals surface area contributed by atoms with Crippen LogP contribution in [0, 0.1) is 5.82 Å². The van der Waals surface area contributed by atoms with Crippen molar-refractivity contribution in [3.8, 4) is 11.5 Å². The Kier molecular flexibility index (Phi) is 4.06. The lowest BCUT2D eigenvalue weighted by atomic mass is 10.2. The Morgan fingerprint density at radius 2 is 1.82 bits per heavy atom. The Labute approximate surface area is 132 Å². The van der Waals surface area contributed by atoms with Crippen molar-refractivity contribution in [2.75, 3.05) is 11.9 Å². The third kappa shape index (κ3) is 3.09. The molecule has 0 fully saturated rings. The molecule has 0 aliphatic heterocycles. The van der Waals surface area contributed by atoms with Crippen molar-refractivity contribution >= 4 is 17.3 Å². The molecule has 0 radical (unpaired) electrons. The molecule has 0 amide bonds. The van der Waals surface area contributed by atoms with Gasteiger partial charge in [-0.15, -0.1) is 10.2 Å². The minimum Gasteiger partial charge on any atom is -0.419 e. The highest BCUT2D eigenvalue weighted by atomic mass is 35.5. The molecule has 4 nitrogen and oxygen atoms in total. The molecule has 3 rings (SSSR count). The molecule has 0 N–H and O–H groups in total. The fraction of sp³-hybridized carbons (Fsp3) is 0.125. The van der Waals surface area contributed by atoms with Gasteiger partial charge in [-0.25, -0.2) is 4.39 Å². The number of aromatic nitrogens is 2. The lowest BCUT2D eigenvalue weighted by Gasteiger charge is -2.17. The van der Waals surface area contributed by atoms with Gasteiger partial charge in [0.15, 0.2) is 0 Å². The van der Waals surface area contributed by atoms with Crippen LogP contribution in [0.3, 0.4) is 0 Å². The van der Waals surface area contributed by atoms with Crippen molar-refractivity contribution in [1.29, 1.82) is 0 Å². The molecule has 0 saturated carbocycles. The number of halogens is 2. The van der Waals surface area contributed by atoms with Gasteiger partial charge in [-0.05, 0) is 36.4 Å². The van der Waals surface area contributed by atoms with Crippen LogP contribution in [0.4, 0.5) is 10.1 Å². The molecular weight excluding hydrogens is 305 g/mol. The summed E-state index contributed by atoms with van der Waals surface area (Å²) >= 11 is 5.85. The predicted molar refractivity (Wildman–Crippen MR) is 83.3 cm³/mol. The van der Waals surface area contributed by atoms with Crippen LogP contribution >= 0.6 is 11.6 Å². The number of para-hydroxylation sites is 1. The standard InChI is InChI=1S/C16H13ClFN3O/c1-21(14-5-3-2-4-13(14)18)10-15-19-20-16(22-15)11-6-8-12(17)9-7-11/h2-9H,10H2,1H3. The molecule has 1 aromatic heterocycles.